The first kappa shape index (κ1) is 21.3. The zero-order valence-corrected chi connectivity index (χ0v) is 18.9. The predicted octanol–water partition coefficient (Wildman–Crippen LogP) is 5.41. The predicted molar refractivity (Wildman–Crippen MR) is 130 cm³/mol. The van der Waals surface area contributed by atoms with Gasteiger partial charge in [0.2, 0.25) is 0 Å². The van der Waals surface area contributed by atoms with Gasteiger partial charge in [-0.25, -0.2) is 0 Å². The maximum absolute atomic E-state index is 12.5. The Hall–Kier alpha value is -2.57. The van der Waals surface area contributed by atoms with E-state index in [1.165, 1.54) is 31.0 Å². The molecule has 32 heavy (non-hydrogen) atoms. The lowest BCUT2D eigenvalue weighted by molar-refractivity contribution is -0.113. The Bertz CT molecular complexity index is 1070. The molecule has 1 aliphatic carbocycles. The van der Waals surface area contributed by atoms with Crippen LogP contribution in [-0.2, 0) is 9.53 Å². The Morgan fingerprint density at radius 1 is 1.03 bits per heavy atom. The van der Waals surface area contributed by atoms with Crippen LogP contribution in [0.15, 0.2) is 52.4 Å². The summed E-state index contributed by atoms with van der Waals surface area (Å²) in [5, 5.41) is 11.2. The highest BCUT2D eigenvalue weighted by atomic mass is 32.2. The number of rotatable bonds is 3. The molecule has 1 N–H and O–H groups in total. The zero-order valence-electron chi connectivity index (χ0n) is 18.1. The summed E-state index contributed by atoms with van der Waals surface area (Å²) in [4.78, 5) is 19.5. The number of nitrogens with zero attached hydrogens (tertiary/aromatic N) is 2. The molecular weight excluding hydrogens is 420 g/mol. The summed E-state index contributed by atoms with van der Waals surface area (Å²) < 4.78 is 5.40. The van der Waals surface area contributed by atoms with E-state index in [9.17, 15) is 9.90 Å². The lowest BCUT2D eigenvalue weighted by Gasteiger charge is -2.27. The topological polar surface area (TPSA) is 62.1 Å². The van der Waals surface area contributed by atoms with Crippen molar-refractivity contribution in [1.29, 1.82) is 0 Å². The van der Waals surface area contributed by atoms with Gasteiger partial charge >= 0.3 is 0 Å². The van der Waals surface area contributed by atoms with Crippen molar-refractivity contribution in [3.63, 3.8) is 0 Å². The monoisotopic (exact) mass is 448 g/mol. The third kappa shape index (κ3) is 4.62. The van der Waals surface area contributed by atoms with E-state index in [1.54, 1.807) is 0 Å². The van der Waals surface area contributed by atoms with Gasteiger partial charge in [-0.1, -0.05) is 43.5 Å². The Kier molecular flexibility index (Phi) is 6.32. The van der Waals surface area contributed by atoms with Crippen molar-refractivity contribution in [2.75, 3.05) is 26.3 Å². The Morgan fingerprint density at radius 2 is 1.81 bits per heavy atom. The first-order valence-corrected chi connectivity index (χ1v) is 12.3. The fourth-order valence-electron chi connectivity index (χ4n) is 4.72. The van der Waals surface area contributed by atoms with E-state index in [2.05, 4.69) is 28.1 Å². The molecule has 2 heterocycles. The van der Waals surface area contributed by atoms with Crippen LogP contribution in [0.3, 0.4) is 0 Å². The zero-order chi connectivity index (χ0) is 21.9. The molecule has 3 aliphatic rings. The van der Waals surface area contributed by atoms with Gasteiger partial charge in [0.15, 0.2) is 5.17 Å². The van der Waals surface area contributed by atoms with Crippen molar-refractivity contribution < 1.29 is 14.6 Å². The van der Waals surface area contributed by atoms with Gasteiger partial charge in [-0.05, 0) is 77.1 Å². The van der Waals surface area contributed by atoms with Crippen LogP contribution in [-0.4, -0.2) is 47.4 Å². The molecule has 0 unspecified atom stereocenters. The molecule has 166 valence electrons. The molecule has 5 nitrogen and oxygen atoms in total. The van der Waals surface area contributed by atoms with Gasteiger partial charge in [-0.15, -0.1) is 0 Å². The second kappa shape index (κ2) is 9.51. The van der Waals surface area contributed by atoms with Crippen molar-refractivity contribution in [3.05, 3.63) is 58.5 Å². The highest BCUT2D eigenvalue weighted by molar-refractivity contribution is 8.18. The van der Waals surface area contributed by atoms with Crippen molar-refractivity contribution in [2.24, 2.45) is 4.99 Å². The Labute approximate surface area is 193 Å². The number of thioether (sulfide) groups is 1. The summed E-state index contributed by atoms with van der Waals surface area (Å²) in [6.45, 7) is 2.88. The van der Waals surface area contributed by atoms with Crippen LogP contribution in [0.2, 0.25) is 0 Å². The SMILES string of the molecule is O=C1N=C(N2CCOCC2)S/C1=C\c1cccc(-c2ccc(O)c(C3CCCCC3)c2)c1. The van der Waals surface area contributed by atoms with Gasteiger partial charge in [0, 0.05) is 13.1 Å². The number of benzene rings is 2. The number of carbonyl (C=O) groups is 1. The molecular formula is C26H28N2O3S. The van der Waals surface area contributed by atoms with Gasteiger partial charge in [0.05, 0.1) is 18.1 Å². The maximum atomic E-state index is 12.5. The molecule has 5 rings (SSSR count). The Balaban J connectivity index is 1.37. The first-order valence-electron chi connectivity index (χ1n) is 11.5. The Morgan fingerprint density at radius 3 is 2.62 bits per heavy atom. The molecule has 1 saturated heterocycles. The molecule has 1 amide bonds. The minimum atomic E-state index is -0.175. The molecule has 6 heteroatoms. The van der Waals surface area contributed by atoms with E-state index in [-0.39, 0.29) is 5.91 Å². The summed E-state index contributed by atoms with van der Waals surface area (Å²) in [5.41, 5.74) is 4.22. The third-order valence-corrected chi connectivity index (χ3v) is 7.53. The number of amides is 1. The third-order valence-electron chi connectivity index (χ3n) is 6.48. The summed E-state index contributed by atoms with van der Waals surface area (Å²) >= 11 is 1.44. The maximum Gasteiger partial charge on any atom is 0.286 e. The number of hydrogen-bond acceptors (Lipinski definition) is 5. The lowest BCUT2D eigenvalue weighted by Crippen LogP contribution is -2.38. The first-order chi connectivity index (χ1) is 15.7. The fraction of sp³-hybridized carbons (Fsp3) is 0.385. The van der Waals surface area contributed by atoms with E-state index in [0.29, 0.717) is 29.8 Å². The molecule has 0 spiro atoms. The fourth-order valence-corrected chi connectivity index (χ4v) is 5.69. The number of amidine groups is 1. The van der Waals surface area contributed by atoms with Crippen LogP contribution in [0.25, 0.3) is 17.2 Å². The quantitative estimate of drug-likeness (QED) is 0.636. The number of morpholine rings is 1. The second-order valence-corrected chi connectivity index (χ2v) is 9.65. The largest absolute Gasteiger partial charge is 0.508 e. The molecule has 0 aromatic heterocycles. The molecule has 2 aromatic rings. The lowest BCUT2D eigenvalue weighted by atomic mass is 9.82. The number of hydrogen-bond donors (Lipinski definition) is 1. The number of phenolic OH excluding ortho intramolecular Hbond substituents is 1. The van der Waals surface area contributed by atoms with Crippen LogP contribution in [0, 0.1) is 0 Å². The molecule has 0 bridgehead atoms. The van der Waals surface area contributed by atoms with E-state index in [1.807, 2.05) is 30.3 Å². The van der Waals surface area contributed by atoms with Crippen molar-refractivity contribution in [2.45, 2.75) is 38.0 Å². The van der Waals surface area contributed by atoms with Gasteiger partial charge in [0.1, 0.15) is 5.75 Å². The van der Waals surface area contributed by atoms with Crippen LogP contribution < -0.4 is 0 Å². The highest BCUT2D eigenvalue weighted by Gasteiger charge is 2.27. The van der Waals surface area contributed by atoms with Gasteiger partial charge in [0.25, 0.3) is 5.91 Å². The summed E-state index contributed by atoms with van der Waals surface area (Å²) in [6, 6.07) is 14.2. The molecule has 2 fully saturated rings. The normalized spacial score (nSPS) is 21.2. The number of phenols is 1. The van der Waals surface area contributed by atoms with Crippen LogP contribution >= 0.6 is 11.8 Å². The molecule has 2 aromatic carbocycles. The minimum Gasteiger partial charge on any atom is -0.508 e. The van der Waals surface area contributed by atoms with Gasteiger partial charge in [-0.2, -0.15) is 4.99 Å². The summed E-state index contributed by atoms with van der Waals surface area (Å²) in [6.07, 6.45) is 7.98. The number of carbonyl (C=O) groups excluding carboxylic acids is 1. The van der Waals surface area contributed by atoms with Gasteiger partial charge < -0.3 is 14.7 Å². The number of ether oxygens (including phenoxy) is 1. The smallest absolute Gasteiger partial charge is 0.286 e. The van der Waals surface area contributed by atoms with E-state index in [4.69, 9.17) is 4.74 Å². The minimum absolute atomic E-state index is 0.175. The van der Waals surface area contributed by atoms with Gasteiger partial charge in [-0.3, -0.25) is 4.79 Å². The molecule has 2 aliphatic heterocycles. The summed E-state index contributed by atoms with van der Waals surface area (Å²) in [5.74, 6) is 0.669. The van der Waals surface area contributed by atoms with E-state index >= 15 is 0 Å². The average molecular weight is 449 g/mol. The highest BCUT2D eigenvalue weighted by Crippen LogP contribution is 2.39. The van der Waals surface area contributed by atoms with Crippen molar-refractivity contribution in [3.8, 4) is 16.9 Å². The summed E-state index contributed by atoms with van der Waals surface area (Å²) in [7, 11) is 0. The molecule has 1 saturated carbocycles. The van der Waals surface area contributed by atoms with Crippen molar-refractivity contribution >= 4 is 28.9 Å². The van der Waals surface area contributed by atoms with Crippen LogP contribution in [0.1, 0.15) is 49.1 Å². The van der Waals surface area contributed by atoms with E-state index < -0.39 is 0 Å². The van der Waals surface area contributed by atoms with Crippen molar-refractivity contribution in [1.82, 2.24) is 4.90 Å². The number of aliphatic imine (C=N–C) groups is 1. The van der Waals surface area contributed by atoms with E-state index in [0.717, 1.165) is 53.4 Å². The average Bonchev–Trinajstić information content (AvgIpc) is 3.21. The van der Waals surface area contributed by atoms with Crippen LogP contribution in [0.5, 0.6) is 5.75 Å². The standard InChI is InChI=1S/C26H28N2O3S/c29-23-10-9-21(17-22(23)19-6-2-1-3-7-19)20-8-4-5-18(15-20)16-24-25(30)27-26(32-24)28-11-13-31-14-12-28/h4-5,8-10,15-17,19,29H,1-3,6-7,11-14H2/b24-16-. The molecule has 0 radical (unpaired) electrons. The second-order valence-electron chi connectivity index (χ2n) is 8.64. The number of aromatic hydroxyl groups is 1. The van der Waals surface area contributed by atoms with Crippen LogP contribution in [0.4, 0.5) is 0 Å². The molecule has 0 atom stereocenters.